The minimum atomic E-state index is -1.46. The molecule has 3 nitrogen and oxygen atoms in total. The predicted octanol–water partition coefficient (Wildman–Crippen LogP) is 6.28. The van der Waals surface area contributed by atoms with Gasteiger partial charge in [-0.15, -0.1) is 0 Å². The Labute approximate surface area is 170 Å². The zero-order valence-corrected chi connectivity index (χ0v) is 16.4. The lowest BCUT2D eigenvalue weighted by atomic mass is 9.99. The summed E-state index contributed by atoms with van der Waals surface area (Å²) < 4.78 is 55.9. The van der Waals surface area contributed by atoms with Gasteiger partial charge in [-0.2, -0.15) is 0 Å². The molecule has 0 aliphatic heterocycles. The number of alkyl halides is 1. The molecule has 2 amide bonds. The Morgan fingerprint density at radius 2 is 1.82 bits per heavy atom. The van der Waals surface area contributed by atoms with Crippen LogP contribution in [0.15, 0.2) is 30.3 Å². The molecule has 2 aromatic rings. The largest absolute Gasteiger partial charge is 0.332 e. The van der Waals surface area contributed by atoms with Crippen molar-refractivity contribution in [2.75, 3.05) is 5.32 Å². The molecule has 0 saturated carbocycles. The molecule has 2 rings (SSSR count). The van der Waals surface area contributed by atoms with Crippen LogP contribution in [0.2, 0.25) is 10.0 Å². The molecule has 0 spiro atoms. The normalized spacial score (nSPS) is 13.1. The van der Waals surface area contributed by atoms with Crippen molar-refractivity contribution in [1.82, 2.24) is 5.32 Å². The molecular weight excluding hydrogens is 419 g/mol. The second-order valence-electron chi connectivity index (χ2n) is 6.15. The lowest BCUT2D eigenvalue weighted by Crippen LogP contribution is -2.45. The second-order valence-corrected chi connectivity index (χ2v) is 6.94. The zero-order valence-electron chi connectivity index (χ0n) is 14.8. The third-order valence-corrected chi connectivity index (χ3v) is 4.67. The molecule has 2 aromatic carbocycles. The van der Waals surface area contributed by atoms with Crippen LogP contribution in [0.4, 0.5) is 28.0 Å². The fraction of sp³-hybridized carbons (Fsp3) is 0.316. The van der Waals surface area contributed by atoms with Crippen LogP contribution in [0, 0.1) is 17.5 Å². The minimum absolute atomic E-state index is 0.103. The number of urea groups is 1. The number of benzene rings is 2. The first-order chi connectivity index (χ1) is 13.2. The molecule has 0 aliphatic carbocycles. The van der Waals surface area contributed by atoms with Crippen LogP contribution in [0.3, 0.4) is 0 Å². The van der Waals surface area contributed by atoms with E-state index in [1.807, 2.05) is 0 Å². The number of amides is 2. The Morgan fingerprint density at radius 3 is 2.46 bits per heavy atom. The number of nitrogens with one attached hydrogen (secondary N) is 2. The number of hydrogen-bond acceptors (Lipinski definition) is 1. The predicted molar refractivity (Wildman–Crippen MR) is 102 cm³/mol. The average molecular weight is 437 g/mol. The van der Waals surface area contributed by atoms with Gasteiger partial charge in [0.05, 0.1) is 16.8 Å². The molecule has 2 N–H and O–H groups in total. The first kappa shape index (κ1) is 22.3. The number of carbonyl (C=O) groups excluding carboxylic acids is 1. The maximum absolute atomic E-state index is 14.5. The van der Waals surface area contributed by atoms with Crippen molar-refractivity contribution in [3.05, 3.63) is 63.4 Å². The molecule has 28 heavy (non-hydrogen) atoms. The van der Waals surface area contributed by atoms with E-state index in [1.165, 1.54) is 18.2 Å². The highest BCUT2D eigenvalue weighted by molar-refractivity contribution is 6.35. The summed E-state index contributed by atoms with van der Waals surface area (Å²) in [7, 11) is 0. The lowest BCUT2D eigenvalue weighted by Gasteiger charge is -2.23. The Bertz CT molecular complexity index is 851. The molecule has 2 unspecified atom stereocenters. The SMILES string of the molecule is CCCC(F)C(Cc1ccccc1F)NC(=O)Nc1cc(Cl)c(F)c(Cl)c1F. The van der Waals surface area contributed by atoms with Gasteiger partial charge in [0.1, 0.15) is 17.0 Å². The van der Waals surface area contributed by atoms with Gasteiger partial charge in [-0.1, -0.05) is 54.7 Å². The van der Waals surface area contributed by atoms with E-state index in [0.717, 1.165) is 6.07 Å². The summed E-state index contributed by atoms with van der Waals surface area (Å²) in [6, 6.07) is 4.64. The van der Waals surface area contributed by atoms with Crippen molar-refractivity contribution in [3.8, 4) is 0 Å². The molecule has 0 heterocycles. The second kappa shape index (κ2) is 9.98. The van der Waals surface area contributed by atoms with E-state index in [1.54, 1.807) is 13.0 Å². The van der Waals surface area contributed by atoms with Gasteiger partial charge in [-0.25, -0.2) is 22.4 Å². The number of halogens is 6. The quantitative estimate of drug-likeness (QED) is 0.299. The van der Waals surface area contributed by atoms with Crippen LogP contribution in [0.1, 0.15) is 25.3 Å². The average Bonchev–Trinajstić information content (AvgIpc) is 2.65. The molecule has 2 atom stereocenters. The van der Waals surface area contributed by atoms with Crippen LogP contribution in [-0.4, -0.2) is 18.2 Å². The summed E-state index contributed by atoms with van der Waals surface area (Å²) in [4.78, 5) is 12.2. The molecule has 0 aromatic heterocycles. The highest BCUT2D eigenvalue weighted by atomic mass is 35.5. The van der Waals surface area contributed by atoms with Crippen molar-refractivity contribution in [1.29, 1.82) is 0 Å². The van der Waals surface area contributed by atoms with Gasteiger partial charge >= 0.3 is 6.03 Å². The third kappa shape index (κ3) is 5.52. The Balaban J connectivity index is 2.17. The monoisotopic (exact) mass is 436 g/mol. The van der Waals surface area contributed by atoms with Crippen LogP contribution in [-0.2, 0) is 6.42 Å². The van der Waals surface area contributed by atoms with Crippen LogP contribution in [0.25, 0.3) is 0 Å². The number of anilines is 1. The van der Waals surface area contributed by atoms with Gasteiger partial charge in [0.25, 0.3) is 0 Å². The lowest BCUT2D eigenvalue weighted by molar-refractivity contribution is 0.216. The van der Waals surface area contributed by atoms with E-state index in [-0.39, 0.29) is 18.4 Å². The maximum atomic E-state index is 14.5. The van der Waals surface area contributed by atoms with E-state index in [2.05, 4.69) is 10.6 Å². The van der Waals surface area contributed by atoms with Crippen LogP contribution >= 0.6 is 23.2 Å². The Kier molecular flexibility index (Phi) is 7.95. The molecule has 152 valence electrons. The topological polar surface area (TPSA) is 41.1 Å². The zero-order chi connectivity index (χ0) is 20.8. The fourth-order valence-corrected chi connectivity index (χ4v) is 3.09. The molecule has 0 aliphatic rings. The van der Waals surface area contributed by atoms with Crippen LogP contribution in [0.5, 0.6) is 0 Å². The maximum Gasteiger partial charge on any atom is 0.319 e. The molecule has 9 heteroatoms. The van der Waals surface area contributed by atoms with Crippen molar-refractivity contribution in [3.63, 3.8) is 0 Å². The van der Waals surface area contributed by atoms with Crippen molar-refractivity contribution in [2.24, 2.45) is 0 Å². The molecular formula is C19H18Cl2F4N2O. The Morgan fingerprint density at radius 1 is 1.14 bits per heavy atom. The van der Waals surface area contributed by atoms with E-state index in [4.69, 9.17) is 23.2 Å². The minimum Gasteiger partial charge on any atom is -0.332 e. The smallest absolute Gasteiger partial charge is 0.319 e. The van der Waals surface area contributed by atoms with Crippen LogP contribution < -0.4 is 10.6 Å². The number of carbonyl (C=O) groups is 1. The number of rotatable bonds is 7. The summed E-state index contributed by atoms with van der Waals surface area (Å²) in [5.74, 6) is -2.90. The van der Waals surface area contributed by atoms with Gasteiger partial charge < -0.3 is 10.6 Å². The number of hydrogen-bond donors (Lipinski definition) is 2. The summed E-state index contributed by atoms with van der Waals surface area (Å²) in [6.45, 7) is 1.77. The third-order valence-electron chi connectivity index (χ3n) is 4.07. The highest BCUT2D eigenvalue weighted by Gasteiger charge is 2.25. The van der Waals surface area contributed by atoms with Gasteiger partial charge in [0, 0.05) is 0 Å². The van der Waals surface area contributed by atoms with E-state index >= 15 is 0 Å². The fourth-order valence-electron chi connectivity index (χ4n) is 2.64. The first-order valence-corrected chi connectivity index (χ1v) is 9.28. The van der Waals surface area contributed by atoms with Gasteiger partial charge in [-0.3, -0.25) is 0 Å². The van der Waals surface area contributed by atoms with Crippen molar-refractivity contribution in [2.45, 2.75) is 38.4 Å². The molecule has 0 radical (unpaired) electrons. The van der Waals surface area contributed by atoms with Gasteiger partial charge in [-0.05, 0) is 30.5 Å². The van der Waals surface area contributed by atoms with Gasteiger partial charge in [0.2, 0.25) is 0 Å². The van der Waals surface area contributed by atoms with E-state index in [9.17, 15) is 22.4 Å². The molecule has 0 bridgehead atoms. The summed E-state index contributed by atoms with van der Waals surface area (Å²) in [5.41, 5.74) is -0.241. The van der Waals surface area contributed by atoms with Gasteiger partial charge in [0.15, 0.2) is 11.6 Å². The van der Waals surface area contributed by atoms with Crippen molar-refractivity contribution >= 4 is 34.9 Å². The summed E-state index contributed by atoms with van der Waals surface area (Å²) in [6.07, 6.45) is -0.909. The molecule has 0 saturated heterocycles. The first-order valence-electron chi connectivity index (χ1n) is 8.52. The van der Waals surface area contributed by atoms with Crippen molar-refractivity contribution < 1.29 is 22.4 Å². The van der Waals surface area contributed by atoms with E-state index in [0.29, 0.717) is 6.42 Å². The summed E-state index contributed by atoms with van der Waals surface area (Å²) in [5, 5.41) is 3.13. The Hall–Kier alpha value is -1.99. The highest BCUT2D eigenvalue weighted by Crippen LogP contribution is 2.31. The summed E-state index contributed by atoms with van der Waals surface area (Å²) >= 11 is 11.1. The standard InChI is InChI=1S/C19H18Cl2F4N2O/c1-2-5-13(23)14(8-10-6-3-4-7-12(10)22)26-19(28)27-15-9-11(20)17(24)16(21)18(15)25/h3-4,6-7,9,13-14H,2,5,8H2,1H3,(H2,26,27,28). The van der Waals surface area contributed by atoms with E-state index < -0.39 is 51.4 Å². The molecule has 0 fully saturated rings.